The molecule has 0 N–H and O–H groups in total. The average molecular weight is 1370 g/mol. The summed E-state index contributed by atoms with van der Waals surface area (Å²) < 4.78 is 16.7. The molecular formula is C91H50ClN7O2S2. The van der Waals surface area contributed by atoms with Gasteiger partial charge >= 0.3 is 0 Å². The van der Waals surface area contributed by atoms with Crippen LogP contribution in [-0.2, 0) is 6.42 Å². The number of nitrogens with zero attached hydrogens (tertiary/aromatic N) is 7. The van der Waals surface area contributed by atoms with Crippen LogP contribution in [0.5, 0.6) is 0 Å². The number of rotatable bonds is 5. The van der Waals surface area contributed by atoms with Crippen molar-refractivity contribution in [1.82, 2.24) is 24.5 Å². The van der Waals surface area contributed by atoms with Gasteiger partial charge in [0.2, 0.25) is 0 Å². The fourth-order valence-corrected chi connectivity index (χ4v) is 17.2. The van der Waals surface area contributed by atoms with Gasteiger partial charge < -0.3 is 8.83 Å². The number of thiophene rings is 2. The van der Waals surface area contributed by atoms with Gasteiger partial charge in [0.15, 0.2) is 11.0 Å². The maximum Gasteiger partial charge on any atom is 0.165 e. The van der Waals surface area contributed by atoms with Crippen LogP contribution < -0.4 is 0 Å². The van der Waals surface area contributed by atoms with Gasteiger partial charge in [-0.25, -0.2) is 19.9 Å². The highest BCUT2D eigenvalue weighted by atomic mass is 35.5. The van der Waals surface area contributed by atoms with Crippen LogP contribution in [0.3, 0.4) is 0 Å². The van der Waals surface area contributed by atoms with E-state index >= 15 is 0 Å². The van der Waals surface area contributed by atoms with E-state index in [-0.39, 0.29) is 0 Å². The molecule has 7 heterocycles. The molecule has 9 nitrogen and oxygen atoms in total. The SMILES string of the molecule is N#Cc1ccc(-c2ccc3sc4nc(-c5ccc6oc7ccccc7c6c5)c(-n5c6ccccc6c6cc7ccccc7cc65)nc4c3c2)cc1.N#Cc1ccc(-c2ccc3sc4nc(-c5ccc6oc7ccccc7c6c5)c(Cl)nc4c3c2)cc1.c1ccc2c(c1)Cc1cc3ccccc3cc1-2. The normalized spacial score (nSPS) is 11.9. The van der Waals surface area contributed by atoms with Crippen molar-refractivity contribution in [1.29, 1.82) is 10.5 Å². The lowest BCUT2D eigenvalue weighted by atomic mass is 10.0. The second-order valence-electron chi connectivity index (χ2n) is 25.9. The largest absolute Gasteiger partial charge is 0.456 e. The first-order chi connectivity index (χ1) is 50.8. The fourth-order valence-electron chi connectivity index (χ4n) is 14.9. The Bertz CT molecular complexity index is 7210. The predicted octanol–water partition coefficient (Wildman–Crippen LogP) is 25.2. The zero-order chi connectivity index (χ0) is 68.4. The molecule has 1 aliphatic rings. The van der Waals surface area contributed by atoms with Crippen molar-refractivity contribution in [2.45, 2.75) is 6.42 Å². The van der Waals surface area contributed by atoms with Crippen LogP contribution in [-0.4, -0.2) is 24.5 Å². The number of aromatic nitrogens is 5. The van der Waals surface area contributed by atoms with Crippen molar-refractivity contribution < 1.29 is 8.83 Å². The number of nitriles is 2. The number of furan rings is 2. The molecule has 0 spiro atoms. The molecule has 12 heteroatoms. The van der Waals surface area contributed by atoms with Gasteiger partial charge in [0.05, 0.1) is 34.3 Å². The van der Waals surface area contributed by atoms with Crippen molar-refractivity contribution in [3.05, 3.63) is 319 Å². The summed E-state index contributed by atoms with van der Waals surface area (Å²) >= 11 is 9.97. The van der Waals surface area contributed by atoms with E-state index in [1.807, 2.05) is 97.1 Å². The molecule has 22 rings (SSSR count). The van der Waals surface area contributed by atoms with E-state index in [0.717, 1.165) is 147 Å². The Balaban J connectivity index is 0.000000117. The van der Waals surface area contributed by atoms with Crippen molar-refractivity contribution in [2.24, 2.45) is 0 Å². The molecule has 21 aromatic rings. The molecule has 0 fully saturated rings. The Morgan fingerprint density at radius 3 is 1.42 bits per heavy atom. The van der Waals surface area contributed by atoms with E-state index in [1.54, 1.807) is 22.7 Å². The van der Waals surface area contributed by atoms with Crippen LogP contribution in [0.25, 0.3) is 190 Å². The van der Waals surface area contributed by atoms with Crippen molar-refractivity contribution in [2.75, 3.05) is 0 Å². The zero-order valence-corrected chi connectivity index (χ0v) is 57.0. The van der Waals surface area contributed by atoms with Gasteiger partial charge in [0.1, 0.15) is 54.4 Å². The van der Waals surface area contributed by atoms with Gasteiger partial charge in [-0.15, -0.1) is 22.7 Å². The lowest BCUT2D eigenvalue weighted by Crippen LogP contribution is -2.03. The second kappa shape index (κ2) is 24.1. The van der Waals surface area contributed by atoms with Crippen LogP contribution in [0.4, 0.5) is 0 Å². The van der Waals surface area contributed by atoms with Gasteiger partial charge in [0, 0.05) is 63.6 Å². The Kier molecular flexibility index (Phi) is 14.0. The molecule has 1 aliphatic carbocycles. The lowest BCUT2D eigenvalue weighted by molar-refractivity contribution is 0.668. The molecule has 0 aliphatic heterocycles. The van der Waals surface area contributed by atoms with Crippen LogP contribution in [0.1, 0.15) is 22.3 Å². The summed E-state index contributed by atoms with van der Waals surface area (Å²) in [5.41, 5.74) is 21.8. The first-order valence-electron chi connectivity index (χ1n) is 33.8. The number of fused-ring (bicyclic) bond motifs is 20. The van der Waals surface area contributed by atoms with Crippen LogP contribution in [0.2, 0.25) is 5.15 Å². The van der Waals surface area contributed by atoms with Crippen molar-refractivity contribution >= 4 is 162 Å². The Hall–Kier alpha value is -13.1. The zero-order valence-electron chi connectivity index (χ0n) is 54.6. The molecule has 0 unspecified atom stereocenters. The number of para-hydroxylation sites is 3. The standard InChI is InChI=1S/C45H24N4OS.C29H14ClN3OS.C17H12/c46-25-26-13-15-27(16-14-26)30-18-20-41-36(22-30)43-45(51-41)48-42(31-17-19-40-35(23-31)33-10-4-6-12-39(33)50-40)44(47-43)49-37-11-5-3-9-32(37)34-21-28-7-1-2-8-29(28)24-38(34)49;30-28-26(19-9-11-24-21(14-19)20-3-1-2-4-23(20)34-24)33-29-27(32-28)22-13-18(10-12-25(22)35-29)17-7-5-16(15-31)6-8-17;1-2-6-13-11-17-15(9-12(13)5-1)10-14-7-3-4-8-16(14)17/h1-24H;1-14H;1-9,11H,10H2. The monoisotopic (exact) mass is 1370 g/mol. The first kappa shape index (κ1) is 59.9. The molecule has 14 aromatic carbocycles. The number of halogens is 1. The quantitative estimate of drug-likeness (QED) is 0.167. The highest BCUT2D eigenvalue weighted by Gasteiger charge is 2.25. The molecule has 480 valence electrons. The Labute approximate surface area is 600 Å². The molecule has 103 heavy (non-hydrogen) atoms. The van der Waals surface area contributed by atoms with E-state index in [1.165, 1.54) is 54.6 Å². The average Bonchev–Trinajstić information content (AvgIpc) is 1.41. The lowest BCUT2D eigenvalue weighted by Gasteiger charge is -2.13. The summed E-state index contributed by atoms with van der Waals surface area (Å²) in [4.78, 5) is 22.5. The maximum atomic E-state index is 9.34. The minimum absolute atomic E-state index is 0.369. The third-order valence-electron chi connectivity index (χ3n) is 20.0. The molecule has 0 saturated heterocycles. The molecule has 0 bridgehead atoms. The molecule has 7 aromatic heterocycles. The summed E-state index contributed by atoms with van der Waals surface area (Å²) in [6.07, 6.45) is 1.08. The third kappa shape index (κ3) is 10.2. The number of hydrogen-bond acceptors (Lipinski definition) is 10. The maximum absolute atomic E-state index is 9.34. The predicted molar refractivity (Wildman–Crippen MR) is 425 cm³/mol. The van der Waals surface area contributed by atoms with Crippen molar-refractivity contribution in [3.63, 3.8) is 0 Å². The van der Waals surface area contributed by atoms with E-state index in [9.17, 15) is 5.26 Å². The summed E-state index contributed by atoms with van der Waals surface area (Å²) in [5.74, 6) is 0.777. The molecule has 0 atom stereocenters. The van der Waals surface area contributed by atoms with E-state index in [0.29, 0.717) is 22.0 Å². The summed E-state index contributed by atoms with van der Waals surface area (Å²) in [7, 11) is 0. The summed E-state index contributed by atoms with van der Waals surface area (Å²) in [6, 6.07) is 105. The highest BCUT2D eigenvalue weighted by Crippen LogP contribution is 2.45. The second-order valence-corrected chi connectivity index (χ2v) is 28.4. The van der Waals surface area contributed by atoms with Gasteiger partial charge in [-0.2, -0.15) is 10.5 Å². The minimum Gasteiger partial charge on any atom is -0.456 e. The van der Waals surface area contributed by atoms with Gasteiger partial charge in [-0.05, 0) is 194 Å². The van der Waals surface area contributed by atoms with Crippen molar-refractivity contribution in [3.8, 4) is 73.9 Å². The molecule has 0 saturated carbocycles. The van der Waals surface area contributed by atoms with Crippen LogP contribution in [0, 0.1) is 22.7 Å². The van der Waals surface area contributed by atoms with Gasteiger partial charge in [-0.3, -0.25) is 4.57 Å². The molecule has 0 amide bonds. The number of benzene rings is 14. The molecule has 0 radical (unpaired) electrons. The first-order valence-corrected chi connectivity index (χ1v) is 35.8. The van der Waals surface area contributed by atoms with Crippen LogP contribution >= 0.6 is 34.3 Å². The summed E-state index contributed by atoms with van der Waals surface area (Å²) in [5, 5.41) is 32.5. The third-order valence-corrected chi connectivity index (χ3v) is 22.3. The van der Waals surface area contributed by atoms with Crippen LogP contribution in [0.15, 0.2) is 300 Å². The minimum atomic E-state index is 0.369. The Morgan fingerprint density at radius 1 is 0.340 bits per heavy atom. The van der Waals surface area contributed by atoms with E-state index in [4.69, 9.17) is 45.6 Å². The number of hydrogen-bond donors (Lipinski definition) is 0. The van der Waals surface area contributed by atoms with E-state index in [2.05, 4.69) is 211 Å². The Morgan fingerprint density at radius 2 is 0.806 bits per heavy atom. The van der Waals surface area contributed by atoms with Gasteiger partial charge in [-0.1, -0.05) is 181 Å². The smallest absolute Gasteiger partial charge is 0.165 e. The molecular weight excluding hydrogens is 1320 g/mol. The topological polar surface area (TPSA) is 130 Å². The summed E-state index contributed by atoms with van der Waals surface area (Å²) in [6.45, 7) is 0. The highest BCUT2D eigenvalue weighted by molar-refractivity contribution is 7.25. The van der Waals surface area contributed by atoms with Gasteiger partial charge in [0.25, 0.3) is 0 Å². The fraction of sp³-hybridized carbons (Fsp3) is 0.0110. The van der Waals surface area contributed by atoms with E-state index < -0.39 is 0 Å².